The highest BCUT2D eigenvalue weighted by molar-refractivity contribution is 6.36. The maximum absolute atomic E-state index is 12.9. The van der Waals surface area contributed by atoms with Crippen molar-refractivity contribution in [1.29, 1.82) is 0 Å². The van der Waals surface area contributed by atoms with Gasteiger partial charge in [0.15, 0.2) is 12.4 Å². The Kier molecular flexibility index (Phi) is 5.95. The number of nitrogens with zero attached hydrogens (tertiary/aromatic N) is 2. The van der Waals surface area contributed by atoms with Crippen LogP contribution in [0.3, 0.4) is 0 Å². The lowest BCUT2D eigenvalue weighted by Gasteiger charge is -2.14. The molecule has 3 aromatic carbocycles. The Bertz CT molecular complexity index is 1380. The molecule has 0 unspecified atom stereocenters. The molecule has 1 heterocycles. The number of nitro groups is 1. The van der Waals surface area contributed by atoms with E-state index in [1.807, 2.05) is 0 Å². The van der Waals surface area contributed by atoms with Crippen LogP contribution in [-0.4, -0.2) is 35.1 Å². The minimum Gasteiger partial charge on any atom is -0.454 e. The first-order chi connectivity index (χ1) is 16.2. The summed E-state index contributed by atoms with van der Waals surface area (Å²) in [6.45, 7) is 1.19. The third kappa shape index (κ3) is 4.16. The number of hydrogen-bond acceptors (Lipinski definition) is 7. The first kappa shape index (κ1) is 22.8. The second-order valence-electron chi connectivity index (χ2n) is 7.44. The van der Waals surface area contributed by atoms with Gasteiger partial charge in [-0.3, -0.25) is 24.5 Å². The normalized spacial score (nSPS) is 12.5. The van der Waals surface area contributed by atoms with Crippen LogP contribution >= 0.6 is 11.6 Å². The molecule has 0 aliphatic carbocycles. The van der Waals surface area contributed by atoms with Gasteiger partial charge in [-0.25, -0.2) is 9.69 Å². The van der Waals surface area contributed by atoms with E-state index in [1.165, 1.54) is 48.5 Å². The van der Waals surface area contributed by atoms with Crippen LogP contribution in [0.4, 0.5) is 11.4 Å². The summed E-state index contributed by atoms with van der Waals surface area (Å²) in [5, 5.41) is 11.1. The Hall–Kier alpha value is -4.37. The number of amides is 2. The van der Waals surface area contributed by atoms with Gasteiger partial charge in [0.25, 0.3) is 17.5 Å². The summed E-state index contributed by atoms with van der Waals surface area (Å²) in [5.74, 6) is -2.59. The van der Waals surface area contributed by atoms with Gasteiger partial charge in [-0.05, 0) is 55.0 Å². The number of anilines is 1. The molecule has 34 heavy (non-hydrogen) atoms. The Balaban J connectivity index is 1.48. The van der Waals surface area contributed by atoms with E-state index in [2.05, 4.69) is 0 Å². The Morgan fingerprint density at radius 1 is 0.941 bits per heavy atom. The lowest BCUT2D eigenvalue weighted by Crippen LogP contribution is -2.29. The second kappa shape index (κ2) is 8.87. The minimum absolute atomic E-state index is 0.0137. The van der Waals surface area contributed by atoms with E-state index in [-0.39, 0.29) is 27.9 Å². The first-order valence-electron chi connectivity index (χ1n) is 9.91. The average molecular weight is 479 g/mol. The summed E-state index contributed by atoms with van der Waals surface area (Å²) in [5.41, 5.74) is 1.20. The number of benzene rings is 3. The molecule has 0 N–H and O–H groups in total. The number of carbonyl (C=O) groups is 4. The maximum Gasteiger partial charge on any atom is 0.338 e. The van der Waals surface area contributed by atoms with Crippen molar-refractivity contribution < 1.29 is 28.8 Å². The predicted octanol–water partition coefficient (Wildman–Crippen LogP) is 4.40. The van der Waals surface area contributed by atoms with Crippen LogP contribution < -0.4 is 4.90 Å². The van der Waals surface area contributed by atoms with Gasteiger partial charge in [0.1, 0.15) is 0 Å². The number of nitro benzene ring substituents is 1. The van der Waals surface area contributed by atoms with Crippen molar-refractivity contribution in [2.75, 3.05) is 11.5 Å². The highest BCUT2D eigenvalue weighted by atomic mass is 35.5. The van der Waals surface area contributed by atoms with Crippen molar-refractivity contribution in [2.45, 2.75) is 6.92 Å². The van der Waals surface area contributed by atoms with Crippen LogP contribution in [0.15, 0.2) is 60.7 Å². The molecule has 0 spiro atoms. The molecule has 2 amide bonds. The number of hydrogen-bond donors (Lipinski definition) is 0. The molecular formula is C24H15ClN2O7. The number of aryl methyl sites for hydroxylation is 1. The third-order valence-corrected chi connectivity index (χ3v) is 5.68. The number of fused-ring (bicyclic) bond motifs is 1. The monoisotopic (exact) mass is 478 g/mol. The van der Waals surface area contributed by atoms with Crippen LogP contribution in [0.1, 0.15) is 47.0 Å². The van der Waals surface area contributed by atoms with Gasteiger partial charge in [-0.1, -0.05) is 17.7 Å². The molecular weight excluding hydrogens is 464 g/mol. The van der Waals surface area contributed by atoms with Gasteiger partial charge in [0, 0.05) is 22.7 Å². The molecule has 0 saturated heterocycles. The fourth-order valence-corrected chi connectivity index (χ4v) is 3.56. The van der Waals surface area contributed by atoms with Crippen LogP contribution in [0.2, 0.25) is 5.02 Å². The number of rotatable bonds is 6. The van der Waals surface area contributed by atoms with E-state index in [0.29, 0.717) is 10.7 Å². The van der Waals surface area contributed by atoms with Crippen molar-refractivity contribution in [2.24, 2.45) is 0 Å². The molecule has 10 heteroatoms. The summed E-state index contributed by atoms with van der Waals surface area (Å²) in [7, 11) is 0. The van der Waals surface area contributed by atoms with Crippen LogP contribution in [0.25, 0.3) is 0 Å². The number of esters is 1. The molecule has 3 aromatic rings. The molecule has 4 rings (SSSR count). The van der Waals surface area contributed by atoms with Crippen LogP contribution in [0, 0.1) is 17.0 Å². The number of halogens is 1. The van der Waals surface area contributed by atoms with Crippen molar-refractivity contribution >= 4 is 46.5 Å². The molecule has 0 radical (unpaired) electrons. The number of non-ortho nitro benzene ring substituents is 1. The van der Waals surface area contributed by atoms with Crippen molar-refractivity contribution in [3.8, 4) is 0 Å². The average Bonchev–Trinajstić information content (AvgIpc) is 3.08. The second-order valence-corrected chi connectivity index (χ2v) is 7.85. The SMILES string of the molecule is Cc1ccc(N2C(=O)c3ccc(C(=O)OCC(=O)c4ccc([N+](=O)[O-])cc4)cc3C2=O)cc1Cl. The minimum atomic E-state index is -0.866. The molecule has 0 fully saturated rings. The Labute approximate surface area is 197 Å². The van der Waals surface area contributed by atoms with Crippen molar-refractivity contribution in [1.82, 2.24) is 0 Å². The molecule has 1 aliphatic heterocycles. The van der Waals surface area contributed by atoms with Crippen LogP contribution in [0.5, 0.6) is 0 Å². The van der Waals surface area contributed by atoms with Crippen molar-refractivity contribution in [3.63, 3.8) is 0 Å². The zero-order valence-corrected chi connectivity index (χ0v) is 18.4. The van der Waals surface area contributed by atoms with Crippen molar-refractivity contribution in [3.05, 3.63) is 104 Å². The van der Waals surface area contributed by atoms with E-state index in [0.717, 1.165) is 10.5 Å². The fourth-order valence-electron chi connectivity index (χ4n) is 3.39. The highest BCUT2D eigenvalue weighted by Gasteiger charge is 2.37. The summed E-state index contributed by atoms with van der Waals surface area (Å²) in [6.07, 6.45) is 0. The van der Waals surface area contributed by atoms with Gasteiger partial charge in [0.2, 0.25) is 0 Å². The van der Waals surface area contributed by atoms with Gasteiger partial charge >= 0.3 is 5.97 Å². The molecule has 0 bridgehead atoms. The largest absolute Gasteiger partial charge is 0.454 e. The van der Waals surface area contributed by atoms with Gasteiger partial charge < -0.3 is 4.74 Å². The topological polar surface area (TPSA) is 124 Å². The standard InChI is InChI=1S/C24H15ClN2O7/c1-13-2-6-17(11-20(13)25)26-22(29)18-9-5-15(10-19(18)23(26)30)24(31)34-12-21(28)14-3-7-16(8-4-14)27(32)33/h2-11H,12H2,1H3. The zero-order chi connectivity index (χ0) is 24.6. The zero-order valence-electron chi connectivity index (χ0n) is 17.6. The summed E-state index contributed by atoms with van der Waals surface area (Å²) >= 11 is 6.12. The van der Waals surface area contributed by atoms with Gasteiger partial charge in [-0.15, -0.1) is 0 Å². The van der Waals surface area contributed by atoms with Crippen LogP contribution in [-0.2, 0) is 4.74 Å². The summed E-state index contributed by atoms with van der Waals surface area (Å²) in [4.78, 5) is 61.5. The quantitative estimate of drug-likeness (QED) is 0.169. The smallest absolute Gasteiger partial charge is 0.338 e. The number of ketones is 1. The molecule has 0 saturated carbocycles. The van der Waals surface area contributed by atoms with E-state index >= 15 is 0 Å². The number of imide groups is 1. The molecule has 170 valence electrons. The predicted molar refractivity (Wildman–Crippen MR) is 121 cm³/mol. The first-order valence-corrected chi connectivity index (χ1v) is 10.3. The third-order valence-electron chi connectivity index (χ3n) is 5.27. The Morgan fingerprint density at radius 2 is 1.59 bits per heavy atom. The number of Topliss-reactive ketones (excluding diaryl/α,β-unsaturated/α-hetero) is 1. The highest BCUT2D eigenvalue weighted by Crippen LogP contribution is 2.31. The lowest BCUT2D eigenvalue weighted by atomic mass is 10.1. The number of ether oxygens (including phenoxy) is 1. The lowest BCUT2D eigenvalue weighted by molar-refractivity contribution is -0.384. The van der Waals surface area contributed by atoms with E-state index in [9.17, 15) is 29.3 Å². The van der Waals surface area contributed by atoms with E-state index < -0.39 is 35.1 Å². The van der Waals surface area contributed by atoms with Gasteiger partial charge in [-0.2, -0.15) is 0 Å². The fraction of sp³-hybridized carbons (Fsp3) is 0.0833. The molecule has 0 atom stereocenters. The summed E-state index contributed by atoms with van der Waals surface area (Å²) in [6, 6.07) is 13.6. The number of carbonyl (C=O) groups excluding carboxylic acids is 4. The molecule has 1 aliphatic rings. The summed E-state index contributed by atoms with van der Waals surface area (Å²) < 4.78 is 5.03. The maximum atomic E-state index is 12.9. The molecule has 0 aromatic heterocycles. The van der Waals surface area contributed by atoms with Gasteiger partial charge in [0.05, 0.1) is 27.3 Å². The van der Waals surface area contributed by atoms with E-state index in [1.54, 1.807) is 19.1 Å². The van der Waals surface area contributed by atoms with E-state index in [4.69, 9.17) is 16.3 Å². The Morgan fingerprint density at radius 3 is 2.24 bits per heavy atom. The molecule has 9 nitrogen and oxygen atoms in total.